The summed E-state index contributed by atoms with van der Waals surface area (Å²) in [6.45, 7) is 5.48. The highest BCUT2D eigenvalue weighted by atomic mass is 32.1. The van der Waals surface area contributed by atoms with Crippen LogP contribution in [0.2, 0.25) is 0 Å². The van der Waals surface area contributed by atoms with E-state index in [0.717, 1.165) is 13.1 Å². The quantitative estimate of drug-likeness (QED) is 0.453. The first-order valence-electron chi connectivity index (χ1n) is 4.98. The van der Waals surface area contributed by atoms with E-state index in [2.05, 4.69) is 4.98 Å². The Morgan fingerprint density at radius 2 is 2.19 bits per heavy atom. The van der Waals surface area contributed by atoms with Gasteiger partial charge in [0.05, 0.1) is 7.05 Å². The van der Waals surface area contributed by atoms with Gasteiger partial charge in [-0.15, -0.1) is 0 Å². The predicted molar refractivity (Wildman–Crippen MR) is 64.5 cm³/mol. The first kappa shape index (κ1) is 12.6. The second-order valence-corrected chi connectivity index (χ2v) is 3.62. The molecule has 0 amide bonds. The maximum Gasteiger partial charge on any atom is 0.342 e. The number of hydrogen-bond donors (Lipinski definition) is 0. The van der Waals surface area contributed by atoms with Gasteiger partial charge in [-0.25, -0.2) is 9.55 Å². The SMILES string of the molecule is CCN(CC)C(=S)c1ncc([N+](=O)[O-])n1C. The Hall–Kier alpha value is -1.50. The van der Waals surface area contributed by atoms with Crippen LogP contribution in [0.1, 0.15) is 19.7 Å². The normalized spacial score (nSPS) is 10.2. The summed E-state index contributed by atoms with van der Waals surface area (Å²) in [5.41, 5.74) is 0. The summed E-state index contributed by atoms with van der Waals surface area (Å²) in [5.74, 6) is 0.412. The van der Waals surface area contributed by atoms with Crippen molar-refractivity contribution in [3.8, 4) is 0 Å². The van der Waals surface area contributed by atoms with E-state index in [-0.39, 0.29) is 5.82 Å². The summed E-state index contributed by atoms with van der Waals surface area (Å²) in [7, 11) is 1.59. The Balaban J connectivity index is 3.05. The number of aromatic nitrogens is 2. The van der Waals surface area contributed by atoms with Crippen LogP contribution in [0.5, 0.6) is 0 Å². The van der Waals surface area contributed by atoms with E-state index in [9.17, 15) is 10.1 Å². The Morgan fingerprint density at radius 3 is 2.56 bits per heavy atom. The molecule has 0 aliphatic rings. The van der Waals surface area contributed by atoms with Gasteiger partial charge in [0.15, 0.2) is 4.99 Å². The minimum absolute atomic E-state index is 0.0514. The van der Waals surface area contributed by atoms with Gasteiger partial charge < -0.3 is 15.0 Å². The molecule has 1 rings (SSSR count). The van der Waals surface area contributed by atoms with Crippen LogP contribution < -0.4 is 0 Å². The van der Waals surface area contributed by atoms with Crippen LogP contribution in [0.25, 0.3) is 0 Å². The summed E-state index contributed by atoms with van der Waals surface area (Å²) in [6, 6.07) is 0. The summed E-state index contributed by atoms with van der Waals surface area (Å²) in [4.78, 5) is 16.6. The van der Waals surface area contributed by atoms with Gasteiger partial charge in [-0.2, -0.15) is 0 Å². The maximum absolute atomic E-state index is 10.7. The third-order valence-electron chi connectivity index (χ3n) is 2.39. The highest BCUT2D eigenvalue weighted by molar-refractivity contribution is 7.80. The maximum atomic E-state index is 10.7. The lowest BCUT2D eigenvalue weighted by Crippen LogP contribution is -2.31. The molecular formula is C9H14N4O2S. The Kier molecular flexibility index (Phi) is 3.94. The molecule has 6 nitrogen and oxygen atoms in total. The molecular weight excluding hydrogens is 228 g/mol. The average molecular weight is 242 g/mol. The second kappa shape index (κ2) is 5.02. The second-order valence-electron chi connectivity index (χ2n) is 3.23. The van der Waals surface area contributed by atoms with Crippen LogP contribution in [-0.2, 0) is 7.05 Å². The first-order valence-corrected chi connectivity index (χ1v) is 5.39. The average Bonchev–Trinajstić information content (AvgIpc) is 2.61. The molecule has 7 heteroatoms. The van der Waals surface area contributed by atoms with E-state index in [0.29, 0.717) is 10.8 Å². The molecule has 1 heterocycles. The van der Waals surface area contributed by atoms with Crippen molar-refractivity contribution in [2.75, 3.05) is 13.1 Å². The molecule has 0 spiro atoms. The number of thiocarbonyl (C=S) groups is 1. The third kappa shape index (κ3) is 2.19. The van der Waals surface area contributed by atoms with Gasteiger partial charge in [-0.1, -0.05) is 12.2 Å². The molecule has 16 heavy (non-hydrogen) atoms. The van der Waals surface area contributed by atoms with Crippen LogP contribution in [0.3, 0.4) is 0 Å². The van der Waals surface area contributed by atoms with E-state index in [1.54, 1.807) is 7.05 Å². The molecule has 0 saturated carbocycles. The zero-order valence-electron chi connectivity index (χ0n) is 9.51. The van der Waals surface area contributed by atoms with Crippen molar-refractivity contribution in [1.82, 2.24) is 14.5 Å². The van der Waals surface area contributed by atoms with Crippen LogP contribution in [-0.4, -0.2) is 37.5 Å². The highest BCUT2D eigenvalue weighted by Gasteiger charge is 2.22. The zero-order chi connectivity index (χ0) is 12.3. The largest absolute Gasteiger partial charge is 0.358 e. The summed E-state index contributed by atoms with van der Waals surface area (Å²) >= 11 is 5.25. The Bertz CT molecular complexity index is 412. The number of imidazole rings is 1. The molecule has 88 valence electrons. The zero-order valence-corrected chi connectivity index (χ0v) is 10.3. The molecule has 0 aliphatic carbocycles. The van der Waals surface area contributed by atoms with E-state index in [4.69, 9.17) is 12.2 Å². The lowest BCUT2D eigenvalue weighted by atomic mass is 10.4. The van der Waals surface area contributed by atoms with Crippen LogP contribution in [0.4, 0.5) is 5.82 Å². The van der Waals surface area contributed by atoms with E-state index in [1.165, 1.54) is 10.8 Å². The van der Waals surface area contributed by atoms with E-state index >= 15 is 0 Å². The molecule has 0 radical (unpaired) electrons. The van der Waals surface area contributed by atoms with Crippen molar-refractivity contribution in [3.05, 3.63) is 22.1 Å². The van der Waals surface area contributed by atoms with Gasteiger partial charge in [0, 0.05) is 13.1 Å². The Morgan fingerprint density at radius 1 is 1.62 bits per heavy atom. The fraction of sp³-hybridized carbons (Fsp3) is 0.556. The van der Waals surface area contributed by atoms with Crippen LogP contribution in [0, 0.1) is 10.1 Å². The molecule has 0 saturated heterocycles. The van der Waals surface area contributed by atoms with Gasteiger partial charge in [-0.05, 0) is 18.8 Å². The fourth-order valence-electron chi connectivity index (χ4n) is 1.42. The number of nitrogens with zero attached hydrogens (tertiary/aromatic N) is 4. The van der Waals surface area contributed by atoms with Gasteiger partial charge in [-0.3, -0.25) is 0 Å². The molecule has 0 unspecified atom stereocenters. The van der Waals surface area contributed by atoms with Crippen molar-refractivity contribution in [2.45, 2.75) is 13.8 Å². The number of rotatable bonds is 4. The lowest BCUT2D eigenvalue weighted by Gasteiger charge is -2.19. The molecule has 1 aromatic rings. The van der Waals surface area contributed by atoms with E-state index < -0.39 is 4.92 Å². The summed E-state index contributed by atoms with van der Waals surface area (Å²) in [6.07, 6.45) is 1.23. The minimum Gasteiger partial charge on any atom is -0.358 e. The molecule has 1 aromatic heterocycles. The minimum atomic E-state index is -0.471. The van der Waals surface area contributed by atoms with Gasteiger partial charge in [0.1, 0.15) is 6.20 Å². The molecule has 0 aliphatic heterocycles. The topological polar surface area (TPSA) is 64.2 Å². The van der Waals surface area contributed by atoms with Crippen molar-refractivity contribution >= 4 is 23.0 Å². The monoisotopic (exact) mass is 242 g/mol. The van der Waals surface area contributed by atoms with Crippen LogP contribution >= 0.6 is 12.2 Å². The lowest BCUT2D eigenvalue weighted by molar-refractivity contribution is -0.391. The van der Waals surface area contributed by atoms with Crippen molar-refractivity contribution in [1.29, 1.82) is 0 Å². The predicted octanol–water partition coefficient (Wildman–Crippen LogP) is 1.35. The molecule has 0 aromatic carbocycles. The smallest absolute Gasteiger partial charge is 0.342 e. The standard InChI is InChI=1S/C9H14N4O2S/c1-4-12(5-2)9(16)8-10-6-7(11(8)3)13(14)15/h6H,4-5H2,1-3H3. The van der Waals surface area contributed by atoms with Crippen molar-refractivity contribution in [2.24, 2.45) is 7.05 Å². The number of hydrogen-bond acceptors (Lipinski definition) is 4. The molecule has 0 bridgehead atoms. The first-order chi connectivity index (χ1) is 7.52. The molecule has 0 N–H and O–H groups in total. The molecule has 0 atom stereocenters. The van der Waals surface area contributed by atoms with Crippen LogP contribution in [0.15, 0.2) is 6.20 Å². The van der Waals surface area contributed by atoms with E-state index in [1.807, 2.05) is 18.7 Å². The summed E-state index contributed by atoms with van der Waals surface area (Å²) < 4.78 is 1.40. The highest BCUT2D eigenvalue weighted by Crippen LogP contribution is 2.13. The van der Waals surface area contributed by atoms with Crippen molar-refractivity contribution in [3.63, 3.8) is 0 Å². The fourth-order valence-corrected chi connectivity index (χ4v) is 1.87. The summed E-state index contributed by atoms with van der Waals surface area (Å²) in [5, 5.41) is 10.7. The molecule has 0 fully saturated rings. The Labute approximate surface area is 99.0 Å². The number of nitro groups is 1. The van der Waals surface area contributed by atoms with Gasteiger partial charge in [0.25, 0.3) is 5.82 Å². The van der Waals surface area contributed by atoms with Gasteiger partial charge in [0.2, 0.25) is 0 Å². The van der Waals surface area contributed by atoms with Gasteiger partial charge >= 0.3 is 5.82 Å². The third-order valence-corrected chi connectivity index (χ3v) is 2.83. The van der Waals surface area contributed by atoms with Crippen molar-refractivity contribution < 1.29 is 4.92 Å².